The molecular weight excluding hydrogens is 304 g/mol. The number of esters is 1. The molecule has 2 rings (SSSR count). The SMILES string of the molecule is CCOC(=O)CN(C(=O)CNC1CCCCC1C)c1ccccc1. The van der Waals surface area contributed by atoms with Crippen molar-refractivity contribution in [2.75, 3.05) is 24.6 Å². The highest BCUT2D eigenvalue weighted by Crippen LogP contribution is 2.23. The Morgan fingerprint density at radius 2 is 1.92 bits per heavy atom. The summed E-state index contributed by atoms with van der Waals surface area (Å²) in [5.41, 5.74) is 0.717. The number of carbonyl (C=O) groups is 2. The van der Waals surface area contributed by atoms with E-state index in [1.165, 1.54) is 24.2 Å². The number of nitrogens with one attached hydrogen (secondary N) is 1. The van der Waals surface area contributed by atoms with Crippen molar-refractivity contribution in [1.82, 2.24) is 5.32 Å². The minimum atomic E-state index is -0.388. The minimum Gasteiger partial charge on any atom is -0.465 e. The molecule has 5 heteroatoms. The van der Waals surface area contributed by atoms with Gasteiger partial charge in [-0.15, -0.1) is 0 Å². The summed E-state index contributed by atoms with van der Waals surface area (Å²) in [6.07, 6.45) is 4.79. The van der Waals surface area contributed by atoms with Gasteiger partial charge in [0.05, 0.1) is 13.2 Å². The lowest BCUT2D eigenvalue weighted by Crippen LogP contribution is -2.46. The molecular formula is C19H28N2O3. The first kappa shape index (κ1) is 18.5. The van der Waals surface area contributed by atoms with E-state index in [1.807, 2.05) is 30.3 Å². The van der Waals surface area contributed by atoms with Gasteiger partial charge in [0, 0.05) is 11.7 Å². The molecule has 1 aliphatic carbocycles. The van der Waals surface area contributed by atoms with E-state index < -0.39 is 0 Å². The zero-order valence-corrected chi connectivity index (χ0v) is 14.7. The molecule has 1 N–H and O–H groups in total. The molecule has 0 spiro atoms. The van der Waals surface area contributed by atoms with E-state index in [0.29, 0.717) is 24.3 Å². The van der Waals surface area contributed by atoms with Crippen molar-refractivity contribution in [3.8, 4) is 0 Å². The molecule has 0 heterocycles. The van der Waals surface area contributed by atoms with Gasteiger partial charge in [0.15, 0.2) is 0 Å². The van der Waals surface area contributed by atoms with E-state index in [0.717, 1.165) is 6.42 Å². The highest BCUT2D eigenvalue weighted by atomic mass is 16.5. The van der Waals surface area contributed by atoms with E-state index in [9.17, 15) is 9.59 Å². The van der Waals surface area contributed by atoms with E-state index in [1.54, 1.807) is 6.92 Å². The number of ether oxygens (including phenoxy) is 1. The average Bonchev–Trinajstić information content (AvgIpc) is 2.60. The molecule has 5 nitrogen and oxygen atoms in total. The van der Waals surface area contributed by atoms with Crippen LogP contribution in [0.2, 0.25) is 0 Å². The molecule has 1 amide bonds. The molecule has 132 valence electrons. The number of hydrogen-bond acceptors (Lipinski definition) is 4. The summed E-state index contributed by atoms with van der Waals surface area (Å²) in [5.74, 6) is 0.0922. The van der Waals surface area contributed by atoms with Gasteiger partial charge < -0.3 is 15.0 Å². The van der Waals surface area contributed by atoms with Crippen LogP contribution in [-0.4, -0.2) is 37.6 Å². The predicted molar refractivity (Wildman–Crippen MR) is 94.9 cm³/mol. The summed E-state index contributed by atoms with van der Waals surface area (Å²) >= 11 is 0. The molecule has 1 saturated carbocycles. The number of para-hydroxylation sites is 1. The van der Waals surface area contributed by atoms with Crippen LogP contribution in [0, 0.1) is 5.92 Å². The van der Waals surface area contributed by atoms with Gasteiger partial charge in [0.25, 0.3) is 0 Å². The maximum absolute atomic E-state index is 12.7. The van der Waals surface area contributed by atoms with Gasteiger partial charge in [0.1, 0.15) is 6.54 Å². The smallest absolute Gasteiger partial charge is 0.326 e. The minimum absolute atomic E-state index is 0.0570. The van der Waals surface area contributed by atoms with Crippen molar-refractivity contribution in [3.05, 3.63) is 30.3 Å². The number of rotatable bonds is 7. The van der Waals surface area contributed by atoms with Gasteiger partial charge in [-0.3, -0.25) is 9.59 Å². The largest absolute Gasteiger partial charge is 0.465 e. The third kappa shape index (κ3) is 5.34. The molecule has 1 aromatic carbocycles. The fourth-order valence-corrected chi connectivity index (χ4v) is 3.20. The van der Waals surface area contributed by atoms with Crippen molar-refractivity contribution in [2.45, 2.75) is 45.6 Å². The Morgan fingerprint density at radius 3 is 2.58 bits per heavy atom. The van der Waals surface area contributed by atoms with E-state index in [-0.39, 0.29) is 25.0 Å². The van der Waals surface area contributed by atoms with Crippen molar-refractivity contribution >= 4 is 17.6 Å². The first-order chi connectivity index (χ1) is 11.6. The van der Waals surface area contributed by atoms with Crippen molar-refractivity contribution < 1.29 is 14.3 Å². The fraction of sp³-hybridized carbons (Fsp3) is 0.579. The summed E-state index contributed by atoms with van der Waals surface area (Å²) in [4.78, 5) is 26.0. The third-order valence-corrected chi connectivity index (χ3v) is 4.59. The van der Waals surface area contributed by atoms with Gasteiger partial charge in [-0.05, 0) is 37.8 Å². The fourth-order valence-electron chi connectivity index (χ4n) is 3.20. The molecule has 0 bridgehead atoms. The lowest BCUT2D eigenvalue weighted by atomic mass is 9.86. The van der Waals surface area contributed by atoms with E-state index in [2.05, 4.69) is 12.2 Å². The van der Waals surface area contributed by atoms with Crippen LogP contribution in [0.5, 0.6) is 0 Å². The summed E-state index contributed by atoms with van der Waals surface area (Å²) in [7, 11) is 0. The lowest BCUT2D eigenvalue weighted by molar-refractivity contribution is -0.142. The molecule has 0 aliphatic heterocycles. The Kier molecular flexibility index (Phi) is 7.25. The number of nitrogens with zero attached hydrogens (tertiary/aromatic N) is 1. The summed E-state index contributed by atoms with van der Waals surface area (Å²) in [6.45, 7) is 4.49. The van der Waals surface area contributed by atoms with Gasteiger partial charge in [0.2, 0.25) is 5.91 Å². The Balaban J connectivity index is 1.99. The predicted octanol–water partition coefficient (Wildman–Crippen LogP) is 2.75. The number of benzene rings is 1. The molecule has 2 atom stereocenters. The normalized spacial score (nSPS) is 20.4. The van der Waals surface area contributed by atoms with Gasteiger partial charge in [-0.25, -0.2) is 0 Å². The van der Waals surface area contributed by atoms with Crippen LogP contribution < -0.4 is 10.2 Å². The first-order valence-electron chi connectivity index (χ1n) is 8.86. The summed E-state index contributed by atoms with van der Waals surface area (Å²) in [5, 5.41) is 3.38. The van der Waals surface area contributed by atoms with Crippen LogP contribution in [0.15, 0.2) is 30.3 Å². The molecule has 2 unspecified atom stereocenters. The quantitative estimate of drug-likeness (QED) is 0.780. The molecule has 1 fully saturated rings. The zero-order chi connectivity index (χ0) is 17.4. The summed E-state index contributed by atoms with van der Waals surface area (Å²) in [6, 6.07) is 9.65. The van der Waals surface area contributed by atoms with Gasteiger partial charge in [-0.2, -0.15) is 0 Å². The second kappa shape index (κ2) is 9.42. The van der Waals surface area contributed by atoms with Crippen LogP contribution in [-0.2, 0) is 14.3 Å². The molecule has 0 radical (unpaired) electrons. The van der Waals surface area contributed by atoms with Crippen LogP contribution in [0.3, 0.4) is 0 Å². The Labute approximate surface area is 144 Å². The van der Waals surface area contributed by atoms with Crippen molar-refractivity contribution in [2.24, 2.45) is 5.92 Å². The number of carbonyl (C=O) groups excluding carboxylic acids is 2. The van der Waals surface area contributed by atoms with Gasteiger partial charge >= 0.3 is 5.97 Å². The molecule has 24 heavy (non-hydrogen) atoms. The molecule has 0 saturated heterocycles. The molecule has 1 aliphatic rings. The van der Waals surface area contributed by atoms with Crippen LogP contribution in [0.25, 0.3) is 0 Å². The van der Waals surface area contributed by atoms with Crippen LogP contribution in [0.4, 0.5) is 5.69 Å². The first-order valence-corrected chi connectivity index (χ1v) is 8.86. The highest BCUT2D eigenvalue weighted by Gasteiger charge is 2.24. The zero-order valence-electron chi connectivity index (χ0n) is 14.7. The Morgan fingerprint density at radius 1 is 1.21 bits per heavy atom. The number of hydrogen-bond donors (Lipinski definition) is 1. The van der Waals surface area contributed by atoms with Crippen LogP contribution >= 0.6 is 0 Å². The topological polar surface area (TPSA) is 58.6 Å². The monoisotopic (exact) mass is 332 g/mol. The summed E-state index contributed by atoms with van der Waals surface area (Å²) < 4.78 is 5.00. The van der Waals surface area contributed by atoms with Crippen molar-refractivity contribution in [1.29, 1.82) is 0 Å². The molecule has 0 aromatic heterocycles. The third-order valence-electron chi connectivity index (χ3n) is 4.59. The standard InChI is InChI=1S/C19H28N2O3/c1-3-24-19(23)14-21(16-10-5-4-6-11-16)18(22)13-20-17-12-8-7-9-15(17)2/h4-6,10-11,15,17,20H,3,7-9,12-14H2,1-2H3. The maximum atomic E-state index is 12.7. The van der Waals surface area contributed by atoms with Gasteiger partial charge in [-0.1, -0.05) is 38.0 Å². The van der Waals surface area contributed by atoms with Crippen molar-refractivity contribution in [3.63, 3.8) is 0 Å². The number of anilines is 1. The van der Waals surface area contributed by atoms with E-state index in [4.69, 9.17) is 4.74 Å². The van der Waals surface area contributed by atoms with Crippen LogP contribution in [0.1, 0.15) is 39.5 Å². The Bertz CT molecular complexity index is 533. The second-order valence-corrected chi connectivity index (χ2v) is 6.37. The molecule has 1 aromatic rings. The average molecular weight is 332 g/mol. The highest BCUT2D eigenvalue weighted by molar-refractivity contribution is 5.98. The second-order valence-electron chi connectivity index (χ2n) is 6.37. The van der Waals surface area contributed by atoms with E-state index >= 15 is 0 Å². The lowest BCUT2D eigenvalue weighted by Gasteiger charge is -2.30. The maximum Gasteiger partial charge on any atom is 0.326 e. The number of amides is 1. The Hall–Kier alpha value is -1.88.